The molecule has 2 heterocycles. The third kappa shape index (κ3) is 7.11. The molecule has 42 heavy (non-hydrogen) atoms. The van der Waals surface area contributed by atoms with Gasteiger partial charge in [0.25, 0.3) is 0 Å². The summed E-state index contributed by atoms with van der Waals surface area (Å²) in [6, 6.07) is 13.4. The molecule has 0 radical (unpaired) electrons. The van der Waals surface area contributed by atoms with Crippen LogP contribution in [-0.2, 0) is 29.1 Å². The molecule has 1 aromatic heterocycles. The molecule has 4 rings (SSSR count). The van der Waals surface area contributed by atoms with E-state index in [9.17, 15) is 22.8 Å². The maximum Gasteiger partial charge on any atom is 0.326 e. The van der Waals surface area contributed by atoms with Crippen LogP contribution in [0.5, 0.6) is 0 Å². The highest BCUT2D eigenvalue weighted by Gasteiger charge is 2.30. The summed E-state index contributed by atoms with van der Waals surface area (Å²) in [6.07, 6.45) is 1.46. The summed E-state index contributed by atoms with van der Waals surface area (Å²) in [5.41, 5.74) is 7.10. The monoisotopic (exact) mass is 597 g/mol. The third-order valence-electron chi connectivity index (χ3n) is 6.55. The maximum absolute atomic E-state index is 13.2. The predicted molar refractivity (Wildman–Crippen MR) is 153 cm³/mol. The lowest BCUT2D eigenvalue weighted by Crippen LogP contribution is -2.54. The molecular weight excluding hydrogens is 566 g/mol. The largest absolute Gasteiger partial charge is 0.465 e. The summed E-state index contributed by atoms with van der Waals surface area (Å²) < 4.78 is 33.8. The fraction of sp³-hybridized carbons (Fsp3) is 0.296. The van der Waals surface area contributed by atoms with E-state index in [2.05, 4.69) is 20.2 Å². The second-order valence-corrected chi connectivity index (χ2v) is 11.0. The first-order chi connectivity index (χ1) is 20.1. The van der Waals surface area contributed by atoms with Gasteiger partial charge < -0.3 is 30.8 Å². The number of hydrogen-bond acceptors (Lipinski definition) is 10. The number of fused-ring (bicyclic) bond motifs is 1. The van der Waals surface area contributed by atoms with Gasteiger partial charge in [-0.1, -0.05) is 23.4 Å². The Morgan fingerprint density at radius 3 is 2.57 bits per heavy atom. The van der Waals surface area contributed by atoms with Crippen molar-refractivity contribution in [3.63, 3.8) is 0 Å². The Labute approximate surface area is 242 Å². The van der Waals surface area contributed by atoms with Gasteiger partial charge >= 0.3 is 5.97 Å². The van der Waals surface area contributed by atoms with Gasteiger partial charge in [-0.3, -0.25) is 19.4 Å². The molecule has 15 heteroatoms. The number of hydrogen-bond donors (Lipinski definition) is 4. The molecule has 14 nitrogen and oxygen atoms in total. The van der Waals surface area contributed by atoms with E-state index < -0.39 is 34.5 Å². The number of nitrogens with zero attached hydrogens (tertiary/aromatic N) is 4. The molecule has 0 aliphatic carbocycles. The standard InChI is InChI=1S/C27H31N7O7S/c1-2-41-27(37)21(32-42(39,40)22-7-3-5-18-6-4-12-29-25(18)22)15-30-23(35)16-34-14-13-33(17-24(34)36)20-10-8-19(9-11-20)26(28)31-38/h3-12,21,32,38H,2,13-17H2,1H3,(H2,28,31)(H,30,35). The Balaban J connectivity index is 1.36. The van der Waals surface area contributed by atoms with Crippen molar-refractivity contribution in [2.45, 2.75) is 17.9 Å². The van der Waals surface area contributed by atoms with E-state index in [1.54, 1.807) is 55.5 Å². The molecule has 1 atom stereocenters. The van der Waals surface area contributed by atoms with Crippen molar-refractivity contribution in [3.05, 3.63) is 66.4 Å². The molecule has 2 aromatic carbocycles. The molecular formula is C27H31N7O7S. The second-order valence-electron chi connectivity index (χ2n) is 9.33. The van der Waals surface area contributed by atoms with E-state index in [0.29, 0.717) is 17.5 Å². The topological polar surface area (TPSA) is 197 Å². The maximum atomic E-state index is 13.2. The lowest BCUT2D eigenvalue weighted by atomic mass is 10.1. The number of carbonyl (C=O) groups excluding carboxylic acids is 3. The van der Waals surface area contributed by atoms with Crippen LogP contribution in [-0.4, -0.2) is 92.5 Å². The summed E-state index contributed by atoms with van der Waals surface area (Å²) in [7, 11) is -4.24. The molecule has 5 N–H and O–H groups in total. The Kier molecular flexibility index (Phi) is 9.54. The van der Waals surface area contributed by atoms with Crippen LogP contribution < -0.4 is 20.7 Å². The zero-order valence-electron chi connectivity index (χ0n) is 22.8. The van der Waals surface area contributed by atoms with Gasteiger partial charge in [0.05, 0.1) is 25.2 Å². The van der Waals surface area contributed by atoms with Crippen molar-refractivity contribution in [1.29, 1.82) is 0 Å². The number of benzene rings is 2. The first-order valence-electron chi connectivity index (χ1n) is 13.0. The third-order valence-corrected chi connectivity index (χ3v) is 8.05. The van der Waals surface area contributed by atoms with Crippen molar-refractivity contribution in [2.24, 2.45) is 10.9 Å². The fourth-order valence-electron chi connectivity index (χ4n) is 4.40. The Bertz CT molecular complexity index is 1590. The van der Waals surface area contributed by atoms with E-state index in [1.807, 2.05) is 4.90 Å². The van der Waals surface area contributed by atoms with E-state index in [1.165, 1.54) is 17.2 Å². The molecule has 2 amide bonds. The summed E-state index contributed by atoms with van der Waals surface area (Å²) in [4.78, 5) is 45.4. The summed E-state index contributed by atoms with van der Waals surface area (Å²) in [5.74, 6) is -1.75. The number of anilines is 1. The van der Waals surface area contributed by atoms with Crippen molar-refractivity contribution in [3.8, 4) is 0 Å². The predicted octanol–water partition coefficient (Wildman–Crippen LogP) is 0.00430. The van der Waals surface area contributed by atoms with Gasteiger partial charge in [-0.05, 0) is 43.3 Å². The van der Waals surface area contributed by atoms with E-state index in [0.717, 1.165) is 5.69 Å². The first-order valence-corrected chi connectivity index (χ1v) is 14.5. The number of piperazine rings is 1. The Morgan fingerprint density at radius 1 is 1.14 bits per heavy atom. The minimum Gasteiger partial charge on any atom is -0.465 e. The van der Waals surface area contributed by atoms with Crippen LogP contribution >= 0.6 is 0 Å². The highest BCUT2D eigenvalue weighted by Crippen LogP contribution is 2.21. The number of aromatic nitrogens is 1. The van der Waals surface area contributed by atoms with Crippen LogP contribution in [0.3, 0.4) is 0 Å². The summed E-state index contributed by atoms with van der Waals surface area (Å²) in [6.45, 7) is 1.66. The molecule has 1 unspecified atom stereocenters. The van der Waals surface area contributed by atoms with Gasteiger partial charge in [-0.25, -0.2) is 8.42 Å². The van der Waals surface area contributed by atoms with Gasteiger partial charge in [-0.15, -0.1) is 0 Å². The van der Waals surface area contributed by atoms with Crippen LogP contribution in [0, 0.1) is 0 Å². The summed E-state index contributed by atoms with van der Waals surface area (Å²) in [5, 5.41) is 14.9. The van der Waals surface area contributed by atoms with E-state index in [4.69, 9.17) is 15.7 Å². The van der Waals surface area contributed by atoms with Gasteiger partial charge in [0.1, 0.15) is 10.9 Å². The van der Waals surface area contributed by atoms with E-state index in [-0.39, 0.29) is 48.4 Å². The lowest BCUT2D eigenvalue weighted by molar-refractivity contribution is -0.145. The second kappa shape index (κ2) is 13.3. The number of esters is 1. The number of pyridine rings is 1. The van der Waals surface area contributed by atoms with Gasteiger partial charge in [0, 0.05) is 42.5 Å². The minimum atomic E-state index is -4.24. The number of sulfonamides is 1. The highest BCUT2D eigenvalue weighted by molar-refractivity contribution is 7.89. The van der Waals surface area contributed by atoms with Crippen LogP contribution in [0.4, 0.5) is 5.69 Å². The number of para-hydroxylation sites is 1. The SMILES string of the molecule is CCOC(=O)C(CNC(=O)CN1CCN(c2ccc(/C(N)=N\O)cc2)CC1=O)NS(=O)(=O)c1cccc2cccnc12. The number of ether oxygens (including phenoxy) is 1. The van der Waals surface area contributed by atoms with Crippen LogP contribution in [0.2, 0.25) is 0 Å². The molecule has 3 aromatic rings. The van der Waals surface area contributed by atoms with Crippen LogP contribution in [0.1, 0.15) is 12.5 Å². The number of nitrogens with one attached hydrogen (secondary N) is 2. The first kappa shape index (κ1) is 30.2. The quantitative estimate of drug-likeness (QED) is 0.0768. The number of amides is 2. The number of amidine groups is 1. The molecule has 0 spiro atoms. The average Bonchev–Trinajstić information content (AvgIpc) is 2.99. The molecule has 1 aliphatic heterocycles. The normalized spacial score (nSPS) is 15.0. The minimum absolute atomic E-state index is 0.00471. The smallest absolute Gasteiger partial charge is 0.326 e. The fourth-order valence-corrected chi connectivity index (χ4v) is 5.77. The van der Waals surface area contributed by atoms with E-state index >= 15 is 0 Å². The number of nitrogens with two attached hydrogens (primary N) is 1. The van der Waals surface area contributed by atoms with Gasteiger partial charge in [-0.2, -0.15) is 4.72 Å². The summed E-state index contributed by atoms with van der Waals surface area (Å²) >= 11 is 0. The zero-order valence-corrected chi connectivity index (χ0v) is 23.6. The van der Waals surface area contributed by atoms with Gasteiger partial charge in [0.15, 0.2) is 5.84 Å². The number of oxime groups is 1. The number of carbonyl (C=O) groups is 3. The molecule has 1 saturated heterocycles. The lowest BCUT2D eigenvalue weighted by Gasteiger charge is -2.35. The molecule has 0 bridgehead atoms. The molecule has 0 saturated carbocycles. The zero-order chi connectivity index (χ0) is 30.3. The highest BCUT2D eigenvalue weighted by atomic mass is 32.2. The Hall–Kier alpha value is -4.76. The number of rotatable bonds is 11. The Morgan fingerprint density at radius 2 is 1.88 bits per heavy atom. The van der Waals surface area contributed by atoms with Crippen molar-refractivity contribution >= 4 is 50.2 Å². The molecule has 1 fully saturated rings. The molecule has 1 aliphatic rings. The van der Waals surface area contributed by atoms with Crippen molar-refractivity contribution in [2.75, 3.05) is 44.2 Å². The van der Waals surface area contributed by atoms with Crippen LogP contribution in [0.15, 0.2) is 70.8 Å². The molecule has 222 valence electrons. The van der Waals surface area contributed by atoms with Crippen molar-refractivity contribution in [1.82, 2.24) is 19.9 Å². The van der Waals surface area contributed by atoms with Gasteiger partial charge in [0.2, 0.25) is 21.8 Å². The average molecular weight is 598 g/mol. The van der Waals surface area contributed by atoms with Crippen molar-refractivity contribution < 1.29 is 32.7 Å². The van der Waals surface area contributed by atoms with Crippen LogP contribution in [0.25, 0.3) is 10.9 Å².